The predicted molar refractivity (Wildman–Crippen MR) is 139 cm³/mol. The van der Waals surface area contributed by atoms with Gasteiger partial charge in [-0.1, -0.05) is 38.1 Å². The molecule has 1 aromatic heterocycles. The van der Waals surface area contributed by atoms with Gasteiger partial charge < -0.3 is 14.0 Å². The van der Waals surface area contributed by atoms with Crippen molar-refractivity contribution in [3.05, 3.63) is 83.7 Å². The summed E-state index contributed by atoms with van der Waals surface area (Å²) in [7, 11) is 1.68. The van der Waals surface area contributed by atoms with Crippen LogP contribution in [0.15, 0.2) is 66.1 Å². The number of hydrogen-bond acceptors (Lipinski definition) is 4. The van der Waals surface area contributed by atoms with Crippen LogP contribution in [0, 0.1) is 18.7 Å². The largest absolute Gasteiger partial charge is 0.495 e. The average Bonchev–Trinajstić information content (AvgIpc) is 3.34. The van der Waals surface area contributed by atoms with E-state index < -0.39 is 0 Å². The lowest BCUT2D eigenvalue weighted by Crippen LogP contribution is -2.50. The van der Waals surface area contributed by atoms with Crippen molar-refractivity contribution < 1.29 is 13.9 Å². The number of hydrogen-bond donors (Lipinski definition) is 0. The van der Waals surface area contributed by atoms with Crippen molar-refractivity contribution in [1.29, 1.82) is 0 Å². The van der Waals surface area contributed by atoms with E-state index in [2.05, 4.69) is 23.2 Å². The van der Waals surface area contributed by atoms with Gasteiger partial charge in [-0.05, 0) is 61.2 Å². The van der Waals surface area contributed by atoms with Crippen LogP contribution in [0.25, 0.3) is 11.8 Å². The fraction of sp³-hybridized carbons (Fsp3) is 0.379. The molecule has 2 unspecified atom stereocenters. The topological polar surface area (TPSA) is 48.6 Å². The van der Waals surface area contributed by atoms with Gasteiger partial charge in [-0.2, -0.15) is 0 Å². The monoisotopic (exact) mass is 475 g/mol. The van der Waals surface area contributed by atoms with Crippen molar-refractivity contribution in [3.63, 3.8) is 0 Å². The quantitative estimate of drug-likeness (QED) is 0.442. The van der Waals surface area contributed by atoms with E-state index in [1.807, 2.05) is 55.8 Å². The highest BCUT2D eigenvalue weighted by molar-refractivity contribution is 6.01. The molecular weight excluding hydrogens is 441 g/mol. The molecule has 0 radical (unpaired) electrons. The minimum Gasteiger partial charge on any atom is -0.495 e. The number of halogens is 1. The summed E-state index contributed by atoms with van der Waals surface area (Å²) in [4.78, 5) is 9.19. The highest BCUT2D eigenvalue weighted by atomic mass is 19.1. The van der Waals surface area contributed by atoms with Gasteiger partial charge in [0.2, 0.25) is 0 Å². The third kappa shape index (κ3) is 5.08. The van der Waals surface area contributed by atoms with Gasteiger partial charge in [-0.15, -0.1) is 0 Å². The Morgan fingerprint density at radius 1 is 1.14 bits per heavy atom. The molecule has 2 aromatic carbocycles. The summed E-state index contributed by atoms with van der Waals surface area (Å²) in [6.45, 7) is 8.06. The van der Waals surface area contributed by atoms with Crippen molar-refractivity contribution in [1.82, 2.24) is 9.55 Å². The predicted octanol–water partition coefficient (Wildman–Crippen LogP) is 6.19. The molecular formula is C29H34FN3O2. The van der Waals surface area contributed by atoms with Gasteiger partial charge in [-0.25, -0.2) is 9.37 Å². The van der Waals surface area contributed by atoms with E-state index in [1.54, 1.807) is 25.6 Å². The fourth-order valence-corrected chi connectivity index (χ4v) is 5.13. The molecule has 3 heterocycles. The summed E-state index contributed by atoms with van der Waals surface area (Å²) in [5.41, 5.74) is 5.01. The molecule has 0 N–H and O–H groups in total. The number of benzene rings is 2. The molecule has 3 aromatic rings. The molecule has 184 valence electrons. The summed E-state index contributed by atoms with van der Waals surface area (Å²) in [6, 6.07) is 13.1. The Morgan fingerprint density at radius 3 is 2.66 bits per heavy atom. The lowest BCUT2D eigenvalue weighted by Gasteiger charge is -2.46. The van der Waals surface area contributed by atoms with Crippen LogP contribution in [0.4, 0.5) is 4.39 Å². The number of rotatable bonds is 5. The van der Waals surface area contributed by atoms with Crippen LogP contribution in [0.5, 0.6) is 5.75 Å². The lowest BCUT2D eigenvalue weighted by molar-refractivity contribution is 0.00883. The number of imidazole rings is 1. The third-order valence-corrected chi connectivity index (χ3v) is 6.85. The van der Waals surface area contributed by atoms with Crippen molar-refractivity contribution in [3.8, 4) is 11.4 Å². The number of ether oxygens (including phenoxy) is 2. The zero-order chi connectivity index (χ0) is 24.8. The van der Waals surface area contributed by atoms with Crippen LogP contribution in [0.1, 0.15) is 43.5 Å². The number of aliphatic imine (C=N–C) groups is 1. The maximum Gasteiger partial charge on any atom is 0.143 e. The summed E-state index contributed by atoms with van der Waals surface area (Å²) in [5.74, 6) is 0.819. The molecule has 5 nitrogen and oxygen atoms in total. The highest BCUT2D eigenvalue weighted by Crippen LogP contribution is 2.44. The molecule has 0 bridgehead atoms. The molecule has 0 aliphatic carbocycles. The first-order valence-corrected chi connectivity index (χ1v) is 12.3. The zero-order valence-corrected chi connectivity index (χ0v) is 21.0. The first-order chi connectivity index (χ1) is 17.1. The number of aryl methyl sites for hydroxylation is 1. The van der Waals surface area contributed by atoms with Crippen molar-refractivity contribution in [2.45, 2.75) is 39.0 Å². The van der Waals surface area contributed by atoms with Crippen LogP contribution < -0.4 is 4.74 Å². The van der Waals surface area contributed by atoms with Crippen molar-refractivity contribution in [2.24, 2.45) is 10.9 Å². The lowest BCUT2D eigenvalue weighted by atomic mass is 9.63. The van der Waals surface area contributed by atoms with E-state index in [-0.39, 0.29) is 17.2 Å². The van der Waals surface area contributed by atoms with E-state index in [0.29, 0.717) is 13.2 Å². The van der Waals surface area contributed by atoms with Gasteiger partial charge in [0.05, 0.1) is 31.4 Å². The summed E-state index contributed by atoms with van der Waals surface area (Å²) >= 11 is 0. The van der Waals surface area contributed by atoms with Gasteiger partial charge >= 0.3 is 0 Å². The third-order valence-electron chi connectivity index (χ3n) is 6.85. The Bertz CT molecular complexity index is 1200. The smallest absolute Gasteiger partial charge is 0.143 e. The second-order valence-corrected chi connectivity index (χ2v) is 8.80. The molecule has 35 heavy (non-hydrogen) atoms. The number of methoxy groups -OCH3 is 1. The van der Waals surface area contributed by atoms with Gasteiger partial charge in [-0.3, -0.25) is 4.99 Å². The molecule has 0 spiro atoms. The molecule has 1 fully saturated rings. The number of fused-ring (bicyclic) bond motifs is 1. The second kappa shape index (κ2) is 11.0. The average molecular weight is 476 g/mol. The molecule has 2 atom stereocenters. The van der Waals surface area contributed by atoms with E-state index in [0.717, 1.165) is 53.4 Å². The van der Waals surface area contributed by atoms with Gasteiger partial charge in [0.1, 0.15) is 11.6 Å². The maximum absolute atomic E-state index is 13.6. The fourth-order valence-electron chi connectivity index (χ4n) is 5.13. The van der Waals surface area contributed by atoms with Crippen molar-refractivity contribution in [2.75, 3.05) is 26.9 Å². The van der Waals surface area contributed by atoms with Crippen LogP contribution >= 0.6 is 0 Å². The maximum atomic E-state index is 13.6. The van der Waals surface area contributed by atoms with E-state index in [4.69, 9.17) is 14.5 Å². The number of aromatic nitrogens is 2. The van der Waals surface area contributed by atoms with E-state index >= 15 is 0 Å². The minimum absolute atomic E-state index is 0.159. The minimum atomic E-state index is -0.212. The standard InChI is InChI=1S/C27H28FN3O2.C2H6/c1-19-16-31(18-30-19)25-10-4-20(15-26(25)32-2)3-9-24-23-11-14-33-17-27(23,12-13-29-24)21-5-7-22(28)8-6-21;1-2/h3-10,15-16,18,23H,11-14,17H2,1-2H3;1-2H3/b9-3+;. The Kier molecular flexibility index (Phi) is 7.81. The van der Waals surface area contributed by atoms with Crippen molar-refractivity contribution >= 4 is 11.8 Å². The summed E-state index contributed by atoms with van der Waals surface area (Å²) < 4.78 is 27.1. The van der Waals surface area contributed by atoms with Gasteiger partial charge in [0.25, 0.3) is 0 Å². The van der Waals surface area contributed by atoms with Crippen LogP contribution in [0.3, 0.4) is 0 Å². The first-order valence-electron chi connectivity index (χ1n) is 12.3. The molecule has 1 saturated heterocycles. The molecule has 6 heteroatoms. The van der Waals surface area contributed by atoms with Gasteiger partial charge in [0.15, 0.2) is 0 Å². The first kappa shape index (κ1) is 24.9. The van der Waals surface area contributed by atoms with E-state index in [1.165, 1.54) is 0 Å². The Labute approximate surface area is 207 Å². The van der Waals surface area contributed by atoms with Gasteiger partial charge in [0, 0.05) is 36.4 Å². The molecule has 2 aliphatic heterocycles. The molecule has 0 amide bonds. The highest BCUT2D eigenvalue weighted by Gasteiger charge is 2.46. The second-order valence-electron chi connectivity index (χ2n) is 8.80. The van der Waals surface area contributed by atoms with Crippen LogP contribution in [-0.2, 0) is 10.2 Å². The van der Waals surface area contributed by atoms with Crippen LogP contribution in [0.2, 0.25) is 0 Å². The Balaban J connectivity index is 0.00000141. The SMILES string of the molecule is CC.COc1cc(/C=C/C2=NCCC3(c4ccc(F)cc4)COCCC23)ccc1-n1cnc(C)c1. The molecule has 5 rings (SSSR count). The number of nitrogens with zero attached hydrogens (tertiary/aromatic N) is 3. The summed E-state index contributed by atoms with van der Waals surface area (Å²) in [6.07, 6.45) is 9.81. The normalized spacial score (nSPS) is 21.6. The Hall–Kier alpha value is -3.25. The Morgan fingerprint density at radius 2 is 1.94 bits per heavy atom. The molecule has 2 aliphatic rings. The van der Waals surface area contributed by atoms with Crippen LogP contribution in [-0.4, -0.2) is 42.1 Å². The summed E-state index contributed by atoms with van der Waals surface area (Å²) in [5, 5.41) is 0. The zero-order valence-electron chi connectivity index (χ0n) is 21.0. The number of allylic oxidation sites excluding steroid dienone is 1. The molecule has 0 saturated carbocycles. The van der Waals surface area contributed by atoms with E-state index in [9.17, 15) is 4.39 Å².